The lowest BCUT2D eigenvalue weighted by molar-refractivity contribution is 0.536. The fourth-order valence-electron chi connectivity index (χ4n) is 3.90. The van der Waals surface area contributed by atoms with Crippen molar-refractivity contribution in [2.75, 3.05) is 0 Å². The molecule has 0 heterocycles. The second-order valence-electron chi connectivity index (χ2n) is 9.10. The van der Waals surface area contributed by atoms with Crippen LogP contribution in [-0.2, 0) is 5.54 Å². The quantitative estimate of drug-likeness (QED) is 0.266. The average molecular weight is 386 g/mol. The highest BCUT2D eigenvalue weighted by atomic mass is 14.7. The Kier molecular flexibility index (Phi) is 14.1. The molecular weight excluding hydrogens is 338 g/mol. The summed E-state index contributed by atoms with van der Waals surface area (Å²) >= 11 is 0. The molecule has 1 aromatic carbocycles. The highest BCUT2D eigenvalue weighted by Crippen LogP contribution is 2.22. The molecule has 0 spiro atoms. The number of benzene rings is 1. The summed E-state index contributed by atoms with van der Waals surface area (Å²) in [5, 5.41) is 0. The zero-order valence-corrected chi connectivity index (χ0v) is 19.1. The number of rotatable bonds is 17. The lowest BCUT2D eigenvalue weighted by Gasteiger charge is -2.21. The van der Waals surface area contributed by atoms with Crippen LogP contribution in [0.4, 0.5) is 0 Å². The Bertz CT molecular complexity index is 509. The zero-order valence-electron chi connectivity index (χ0n) is 19.1. The van der Waals surface area contributed by atoms with Gasteiger partial charge in [0, 0.05) is 5.54 Å². The van der Waals surface area contributed by atoms with E-state index in [-0.39, 0.29) is 5.54 Å². The van der Waals surface area contributed by atoms with Crippen LogP contribution in [0.5, 0.6) is 0 Å². The Balaban J connectivity index is 1.97. The molecule has 0 radical (unpaired) electrons. The minimum Gasteiger partial charge on any atom is -0.322 e. The predicted octanol–water partition coefficient (Wildman–Crippen LogP) is 8.77. The van der Waals surface area contributed by atoms with E-state index in [9.17, 15) is 0 Å². The first-order valence-corrected chi connectivity index (χ1v) is 12.1. The summed E-state index contributed by atoms with van der Waals surface area (Å²) in [6.07, 6.45) is 25.6. The second kappa shape index (κ2) is 15.8. The second-order valence-corrected chi connectivity index (χ2v) is 9.10. The molecule has 28 heavy (non-hydrogen) atoms. The highest BCUT2D eigenvalue weighted by molar-refractivity contribution is 5.55. The van der Waals surface area contributed by atoms with Crippen LogP contribution in [-0.4, -0.2) is 0 Å². The molecule has 0 aliphatic heterocycles. The van der Waals surface area contributed by atoms with Crippen molar-refractivity contribution in [3.8, 4) is 0 Å². The van der Waals surface area contributed by atoms with Gasteiger partial charge in [-0.15, -0.1) is 0 Å². The van der Waals surface area contributed by atoms with Crippen LogP contribution in [0.15, 0.2) is 30.3 Å². The van der Waals surface area contributed by atoms with E-state index in [1.807, 2.05) is 0 Å². The number of hydrogen-bond acceptors (Lipinski definition) is 1. The lowest BCUT2D eigenvalue weighted by atomic mass is 9.90. The summed E-state index contributed by atoms with van der Waals surface area (Å²) in [4.78, 5) is 0. The Morgan fingerprint density at radius 1 is 0.714 bits per heavy atom. The van der Waals surface area contributed by atoms with E-state index in [2.05, 4.69) is 57.2 Å². The van der Waals surface area contributed by atoms with Gasteiger partial charge in [0.05, 0.1) is 0 Å². The first kappa shape index (κ1) is 25.0. The summed E-state index contributed by atoms with van der Waals surface area (Å²) in [7, 11) is 0. The van der Waals surface area contributed by atoms with Crippen LogP contribution in [0.1, 0.15) is 128 Å². The minimum atomic E-state index is -0.282. The van der Waals surface area contributed by atoms with Gasteiger partial charge in [0.2, 0.25) is 0 Å². The maximum absolute atomic E-state index is 6.28. The summed E-state index contributed by atoms with van der Waals surface area (Å²) in [5.74, 6) is 0. The van der Waals surface area contributed by atoms with Gasteiger partial charge in [-0.1, -0.05) is 127 Å². The van der Waals surface area contributed by atoms with Crippen LogP contribution in [0.25, 0.3) is 6.08 Å². The molecule has 160 valence electrons. The van der Waals surface area contributed by atoms with Gasteiger partial charge in [-0.05, 0) is 37.8 Å². The number of unbranched alkanes of at least 4 members (excludes halogenated alkanes) is 14. The van der Waals surface area contributed by atoms with Gasteiger partial charge in [-0.2, -0.15) is 0 Å². The van der Waals surface area contributed by atoms with E-state index >= 15 is 0 Å². The Hall–Kier alpha value is -1.08. The molecular formula is C27H47N. The van der Waals surface area contributed by atoms with Gasteiger partial charge in [-0.3, -0.25) is 0 Å². The molecule has 1 rings (SSSR count). The third-order valence-corrected chi connectivity index (χ3v) is 5.68. The van der Waals surface area contributed by atoms with E-state index in [1.165, 1.54) is 107 Å². The molecule has 1 aromatic rings. The standard InChI is InChI=1S/C27H47N/c1-4-5-6-7-8-9-10-11-12-13-14-15-16-17-18-19-22-25-23-20-21-24-26(25)27(2,3)28/h19-24H,4-18,28H2,1-3H3. The molecule has 1 nitrogen and oxygen atoms in total. The van der Waals surface area contributed by atoms with Crippen molar-refractivity contribution in [2.24, 2.45) is 5.73 Å². The molecule has 2 N–H and O–H groups in total. The lowest BCUT2D eigenvalue weighted by Crippen LogP contribution is -2.29. The summed E-state index contributed by atoms with van der Waals surface area (Å²) in [5.41, 5.74) is 8.50. The largest absolute Gasteiger partial charge is 0.322 e. The first-order chi connectivity index (χ1) is 13.6. The van der Waals surface area contributed by atoms with E-state index in [1.54, 1.807) is 0 Å². The highest BCUT2D eigenvalue weighted by Gasteiger charge is 2.16. The summed E-state index contributed by atoms with van der Waals surface area (Å²) in [6, 6.07) is 8.49. The topological polar surface area (TPSA) is 26.0 Å². The predicted molar refractivity (Wildman–Crippen MR) is 128 cm³/mol. The van der Waals surface area contributed by atoms with E-state index < -0.39 is 0 Å². The van der Waals surface area contributed by atoms with E-state index in [4.69, 9.17) is 5.73 Å². The van der Waals surface area contributed by atoms with Gasteiger partial charge < -0.3 is 5.73 Å². The third-order valence-electron chi connectivity index (χ3n) is 5.68. The number of allylic oxidation sites excluding steroid dienone is 1. The molecule has 0 amide bonds. The fourth-order valence-corrected chi connectivity index (χ4v) is 3.90. The maximum Gasteiger partial charge on any atom is 0.0358 e. The molecule has 0 atom stereocenters. The Morgan fingerprint density at radius 3 is 1.68 bits per heavy atom. The Labute approximate surface area is 176 Å². The SMILES string of the molecule is CCCCCCCCCCCCCCCCC=Cc1ccccc1C(C)(C)N. The van der Waals surface area contributed by atoms with Gasteiger partial charge >= 0.3 is 0 Å². The molecule has 1 heteroatoms. The number of nitrogens with two attached hydrogens (primary N) is 1. The van der Waals surface area contributed by atoms with Gasteiger partial charge in [0.1, 0.15) is 0 Å². The fraction of sp³-hybridized carbons (Fsp3) is 0.704. The van der Waals surface area contributed by atoms with E-state index in [0.29, 0.717) is 0 Å². The normalized spacial score (nSPS) is 12.1. The van der Waals surface area contributed by atoms with Crippen molar-refractivity contribution in [1.82, 2.24) is 0 Å². The monoisotopic (exact) mass is 385 g/mol. The summed E-state index contributed by atoms with van der Waals surface area (Å²) < 4.78 is 0. The van der Waals surface area contributed by atoms with Gasteiger partial charge in [0.25, 0.3) is 0 Å². The smallest absolute Gasteiger partial charge is 0.0358 e. The van der Waals surface area contributed by atoms with Crippen LogP contribution >= 0.6 is 0 Å². The first-order valence-electron chi connectivity index (χ1n) is 12.1. The molecule has 0 fully saturated rings. The number of hydrogen-bond donors (Lipinski definition) is 1. The van der Waals surface area contributed by atoms with Crippen LogP contribution in [0, 0.1) is 0 Å². The third kappa shape index (κ3) is 12.4. The zero-order chi connectivity index (χ0) is 20.5. The van der Waals surface area contributed by atoms with Crippen LogP contribution in [0.3, 0.4) is 0 Å². The molecule has 0 bridgehead atoms. The molecule has 0 saturated heterocycles. The van der Waals surface area contributed by atoms with Crippen LogP contribution in [0.2, 0.25) is 0 Å². The molecule has 0 aliphatic carbocycles. The molecule has 0 aromatic heterocycles. The molecule has 0 aliphatic rings. The van der Waals surface area contributed by atoms with Crippen molar-refractivity contribution in [3.05, 3.63) is 41.5 Å². The average Bonchev–Trinajstić information content (AvgIpc) is 2.67. The van der Waals surface area contributed by atoms with Crippen molar-refractivity contribution in [3.63, 3.8) is 0 Å². The van der Waals surface area contributed by atoms with Gasteiger partial charge in [-0.25, -0.2) is 0 Å². The summed E-state index contributed by atoms with van der Waals surface area (Å²) in [6.45, 7) is 6.44. The molecule has 0 saturated carbocycles. The van der Waals surface area contributed by atoms with Crippen molar-refractivity contribution >= 4 is 6.08 Å². The van der Waals surface area contributed by atoms with Crippen molar-refractivity contribution < 1.29 is 0 Å². The minimum absolute atomic E-state index is 0.282. The Morgan fingerprint density at radius 2 is 1.18 bits per heavy atom. The van der Waals surface area contributed by atoms with Crippen molar-refractivity contribution in [1.29, 1.82) is 0 Å². The van der Waals surface area contributed by atoms with E-state index in [0.717, 1.165) is 0 Å². The van der Waals surface area contributed by atoms with Crippen LogP contribution < -0.4 is 5.73 Å². The van der Waals surface area contributed by atoms with Gasteiger partial charge in [0.15, 0.2) is 0 Å². The molecule has 0 unspecified atom stereocenters. The van der Waals surface area contributed by atoms with Crippen molar-refractivity contribution in [2.45, 2.75) is 123 Å². The maximum atomic E-state index is 6.28.